The Hall–Kier alpha value is -3.16. The van der Waals surface area contributed by atoms with Crippen molar-refractivity contribution in [2.24, 2.45) is 11.5 Å². The lowest BCUT2D eigenvalue weighted by Gasteiger charge is -2.07. The van der Waals surface area contributed by atoms with Gasteiger partial charge in [-0.25, -0.2) is 0 Å². The lowest BCUT2D eigenvalue weighted by Crippen LogP contribution is -2.37. The van der Waals surface area contributed by atoms with Crippen molar-refractivity contribution in [2.75, 3.05) is 18.2 Å². The summed E-state index contributed by atoms with van der Waals surface area (Å²) >= 11 is 2.18. The lowest BCUT2D eigenvalue weighted by atomic mass is 10.2. The fourth-order valence-electron chi connectivity index (χ4n) is 2.35. The highest BCUT2D eigenvalue weighted by Gasteiger charge is 2.08. The third-order valence-electron chi connectivity index (χ3n) is 4.38. The summed E-state index contributed by atoms with van der Waals surface area (Å²) in [4.78, 5) is 22.4. The zero-order valence-electron chi connectivity index (χ0n) is 22.3. The normalized spacial score (nSPS) is 10.6. The summed E-state index contributed by atoms with van der Waals surface area (Å²) < 4.78 is 59.1. The number of nitrogens with two attached hydrogens (primary N) is 2. The highest BCUT2D eigenvalue weighted by molar-refractivity contribution is 8.13. The van der Waals surface area contributed by atoms with Gasteiger partial charge in [0, 0.05) is 24.3 Å². The lowest BCUT2D eigenvalue weighted by molar-refractivity contribution is -0.122. The minimum atomic E-state index is -4.02. The highest BCUT2D eigenvalue weighted by Crippen LogP contribution is 2.09. The molecule has 0 spiro atoms. The number of rotatable bonds is 10. The Morgan fingerprint density at radius 1 is 0.707 bits per heavy atom. The minimum Gasteiger partial charge on any atom is -0.379 e. The second-order valence-electron chi connectivity index (χ2n) is 7.88. The number of thioether (sulfide) groups is 2. The molecular weight excluding hydrogens is 617 g/mol. The zero-order valence-corrected chi connectivity index (χ0v) is 25.6. The van der Waals surface area contributed by atoms with Gasteiger partial charge in [0.1, 0.15) is 0 Å². The summed E-state index contributed by atoms with van der Waals surface area (Å²) in [5.41, 5.74) is 12.1. The summed E-state index contributed by atoms with van der Waals surface area (Å²) in [5.74, 6) is 0.439. The van der Waals surface area contributed by atoms with Gasteiger partial charge in [0.05, 0.1) is 16.5 Å². The molecule has 2 aromatic rings. The second-order valence-corrected chi connectivity index (χ2v) is 13.0. The molecule has 0 saturated carbocycles. The van der Waals surface area contributed by atoms with Crippen molar-refractivity contribution < 1.29 is 35.5 Å². The average Bonchev–Trinajstić information content (AvgIpc) is 2.84. The summed E-state index contributed by atoms with van der Waals surface area (Å²) in [6.45, 7) is 3.74. The van der Waals surface area contributed by atoms with E-state index in [9.17, 15) is 26.4 Å². The molecule has 10 N–H and O–H groups in total. The van der Waals surface area contributed by atoms with Crippen LogP contribution in [0.4, 0.5) is 0 Å². The van der Waals surface area contributed by atoms with Crippen LogP contribution in [0.3, 0.4) is 0 Å². The topological polar surface area (TPSA) is 267 Å². The average molecular weight is 651 g/mol. The van der Waals surface area contributed by atoms with E-state index >= 15 is 0 Å². The SMILES string of the molecule is Cc1ccc(S(=O)(=O)O)cc1.Cc1ccc(S(=O)(=O)O)cc1.N=C(N)SCCC(=O)NCNC(=O)CCSC(=N)N. The van der Waals surface area contributed by atoms with Crippen LogP contribution < -0.4 is 22.1 Å². The Bertz CT molecular complexity index is 1260. The molecule has 0 heterocycles. The number of hydrogen-bond donors (Lipinski definition) is 8. The third kappa shape index (κ3) is 20.4. The van der Waals surface area contributed by atoms with Crippen LogP contribution in [0.1, 0.15) is 24.0 Å². The maximum atomic E-state index is 11.3. The van der Waals surface area contributed by atoms with Gasteiger partial charge in [0.2, 0.25) is 11.8 Å². The van der Waals surface area contributed by atoms with Crippen molar-refractivity contribution in [3.8, 4) is 0 Å². The molecule has 0 fully saturated rings. The van der Waals surface area contributed by atoms with Crippen LogP contribution in [-0.2, 0) is 29.8 Å². The maximum absolute atomic E-state index is 11.3. The number of amides is 2. The van der Waals surface area contributed by atoms with Gasteiger partial charge >= 0.3 is 0 Å². The van der Waals surface area contributed by atoms with Gasteiger partial charge in [-0.3, -0.25) is 29.5 Å². The molecule has 0 aliphatic heterocycles. The molecular formula is C23H34N6O8S4. The van der Waals surface area contributed by atoms with Crippen LogP contribution in [0.15, 0.2) is 58.3 Å². The highest BCUT2D eigenvalue weighted by atomic mass is 32.2. The van der Waals surface area contributed by atoms with Crippen molar-refractivity contribution in [3.63, 3.8) is 0 Å². The van der Waals surface area contributed by atoms with Crippen LogP contribution in [0.25, 0.3) is 0 Å². The molecule has 41 heavy (non-hydrogen) atoms. The molecule has 2 aromatic carbocycles. The van der Waals surface area contributed by atoms with Gasteiger partial charge < -0.3 is 22.1 Å². The molecule has 0 bridgehead atoms. The summed E-state index contributed by atoms with van der Waals surface area (Å²) in [5, 5.41) is 18.9. The largest absolute Gasteiger partial charge is 0.379 e. The third-order valence-corrected chi connectivity index (χ3v) is 7.56. The van der Waals surface area contributed by atoms with Crippen molar-refractivity contribution >= 4 is 65.9 Å². The standard InChI is InChI=1S/C9H18N6O2S2.2C7H8O3S/c10-8(11)18-3-1-6(16)14-5-15-7(17)2-4-19-9(12)13;2*1-6-2-4-7(5-3-6)11(8,9)10/h1-5H2,(H3,10,11)(H3,12,13)(H,14,16)(H,15,17);2*2-5H,1H3,(H,8,9,10). The Kier molecular flexibility index (Phi) is 17.6. The molecule has 0 aromatic heterocycles. The van der Waals surface area contributed by atoms with Crippen LogP contribution in [-0.4, -0.2) is 66.3 Å². The van der Waals surface area contributed by atoms with E-state index in [-0.39, 0.29) is 51.5 Å². The van der Waals surface area contributed by atoms with Crippen LogP contribution in [0, 0.1) is 24.7 Å². The number of benzene rings is 2. The predicted molar refractivity (Wildman–Crippen MR) is 161 cm³/mol. The molecule has 228 valence electrons. The fraction of sp³-hybridized carbons (Fsp3) is 0.304. The van der Waals surface area contributed by atoms with E-state index in [0.29, 0.717) is 11.5 Å². The molecule has 2 amide bonds. The minimum absolute atomic E-state index is 0.0240. The molecule has 2 rings (SSSR count). The molecule has 0 aliphatic rings. The van der Waals surface area contributed by atoms with Gasteiger partial charge in [-0.2, -0.15) is 16.8 Å². The zero-order chi connectivity index (χ0) is 31.6. The number of nitrogens with one attached hydrogen (secondary N) is 4. The molecule has 14 nitrogen and oxygen atoms in total. The van der Waals surface area contributed by atoms with Gasteiger partial charge in [-0.1, -0.05) is 58.9 Å². The first-order valence-electron chi connectivity index (χ1n) is 11.5. The van der Waals surface area contributed by atoms with Crippen LogP contribution in [0.5, 0.6) is 0 Å². The molecule has 0 unspecified atom stereocenters. The van der Waals surface area contributed by atoms with E-state index in [1.807, 2.05) is 13.8 Å². The second kappa shape index (κ2) is 19.1. The van der Waals surface area contributed by atoms with E-state index in [2.05, 4.69) is 10.6 Å². The number of carbonyl (C=O) groups is 2. The smallest absolute Gasteiger partial charge is 0.294 e. The Balaban J connectivity index is 0.000000621. The van der Waals surface area contributed by atoms with Crippen molar-refractivity contribution in [2.45, 2.75) is 36.5 Å². The Morgan fingerprint density at radius 2 is 1.00 bits per heavy atom. The molecule has 0 aliphatic carbocycles. The first-order valence-corrected chi connectivity index (χ1v) is 16.3. The van der Waals surface area contributed by atoms with Gasteiger partial charge in [0.25, 0.3) is 20.2 Å². The molecule has 0 saturated heterocycles. The van der Waals surface area contributed by atoms with Crippen LogP contribution in [0.2, 0.25) is 0 Å². The predicted octanol–water partition coefficient (Wildman–Crippen LogP) is 1.69. The number of carbonyl (C=O) groups excluding carboxylic acids is 2. The Morgan fingerprint density at radius 3 is 1.24 bits per heavy atom. The monoisotopic (exact) mass is 650 g/mol. The van der Waals surface area contributed by atoms with E-state index < -0.39 is 20.2 Å². The summed E-state index contributed by atoms with van der Waals surface area (Å²) in [7, 11) is -8.04. The maximum Gasteiger partial charge on any atom is 0.294 e. The van der Waals surface area contributed by atoms with E-state index in [0.717, 1.165) is 34.7 Å². The molecule has 0 radical (unpaired) electrons. The van der Waals surface area contributed by atoms with Crippen LogP contribution >= 0.6 is 23.5 Å². The van der Waals surface area contributed by atoms with E-state index in [1.165, 1.54) is 24.3 Å². The first kappa shape index (κ1) is 37.8. The van der Waals surface area contributed by atoms with Gasteiger partial charge in [-0.05, 0) is 38.1 Å². The number of amidine groups is 2. The van der Waals surface area contributed by atoms with Crippen molar-refractivity contribution in [3.05, 3.63) is 59.7 Å². The summed E-state index contributed by atoms with van der Waals surface area (Å²) in [6, 6.07) is 12.0. The van der Waals surface area contributed by atoms with E-state index in [1.54, 1.807) is 24.3 Å². The van der Waals surface area contributed by atoms with Gasteiger partial charge in [-0.15, -0.1) is 0 Å². The summed E-state index contributed by atoms with van der Waals surface area (Å²) in [6.07, 6.45) is 0.473. The molecule has 18 heteroatoms. The van der Waals surface area contributed by atoms with Crippen molar-refractivity contribution in [1.82, 2.24) is 10.6 Å². The first-order chi connectivity index (χ1) is 18.9. The van der Waals surface area contributed by atoms with Crippen molar-refractivity contribution in [1.29, 1.82) is 10.8 Å². The number of aryl methyl sites for hydroxylation is 2. The quantitative estimate of drug-likeness (QED) is 0.0790. The number of hydrogen-bond acceptors (Lipinski definition) is 10. The fourth-order valence-corrected chi connectivity index (χ4v) is 4.32. The Labute approximate surface area is 247 Å². The van der Waals surface area contributed by atoms with E-state index in [4.69, 9.17) is 31.4 Å². The molecule has 0 atom stereocenters. The van der Waals surface area contributed by atoms with Gasteiger partial charge in [0.15, 0.2) is 10.3 Å².